The van der Waals surface area contributed by atoms with Gasteiger partial charge in [0.25, 0.3) is 0 Å². The van der Waals surface area contributed by atoms with Gasteiger partial charge in [0.15, 0.2) is 28.9 Å². The molecule has 0 saturated carbocycles. The number of para-hydroxylation sites is 9. The van der Waals surface area contributed by atoms with Gasteiger partial charge >= 0.3 is 0 Å². The number of benzene rings is 18. The Morgan fingerprint density at radius 3 is 1.09 bits per heavy atom. The van der Waals surface area contributed by atoms with Crippen LogP contribution in [0.5, 0.6) is 0 Å². The van der Waals surface area contributed by atoms with Crippen molar-refractivity contribution in [1.29, 1.82) is 10.5 Å². The maximum atomic E-state index is 14.0. The number of hydrogen-bond acceptors (Lipinski definition) is 10. The van der Waals surface area contributed by atoms with Gasteiger partial charge in [-0.1, -0.05) is 268 Å². The second kappa shape index (κ2) is 32.2. The van der Waals surface area contributed by atoms with Crippen molar-refractivity contribution in [3.05, 3.63) is 428 Å². The Morgan fingerprint density at radius 1 is 0.267 bits per heavy atom. The molecule has 18 aromatic carbocycles. The van der Waals surface area contributed by atoms with Gasteiger partial charge in [0.05, 0.1) is 82.8 Å². The third-order valence-electron chi connectivity index (χ3n) is 26.2. The van der Waals surface area contributed by atoms with Crippen molar-refractivity contribution >= 4 is 166 Å². The van der Waals surface area contributed by atoms with Crippen LogP contribution < -0.4 is 0 Å². The number of nitriles is 2. The van der Waals surface area contributed by atoms with Crippen LogP contribution in [0.1, 0.15) is 29.7 Å². The molecule has 0 fully saturated rings. The summed E-state index contributed by atoms with van der Waals surface area (Å²) >= 11 is 0. The number of nitrogens with zero attached hydrogens (tertiary/aromatic N) is 13. The average molecular weight is 1760 g/mol. The Bertz CT molecular complexity index is 9530. The molecule has 0 aliphatic heterocycles. The zero-order chi connectivity index (χ0) is 88.0. The van der Waals surface area contributed by atoms with Gasteiger partial charge in [0, 0.05) is 110 Å². The minimum atomic E-state index is -0.578. The van der Waals surface area contributed by atoms with Crippen LogP contribution >= 0.6 is 13.5 Å². The van der Waals surface area contributed by atoms with Gasteiger partial charge in [-0.2, -0.15) is 44.0 Å². The smallest absolute Gasteiger partial charge is 0.238 e. The highest BCUT2D eigenvalue weighted by Gasteiger charge is 2.30. The highest BCUT2D eigenvalue weighted by atomic mass is 32.1. The Morgan fingerprint density at radius 2 is 0.615 bits per heavy atom. The molecule has 0 amide bonds. The summed E-state index contributed by atoms with van der Waals surface area (Å²) in [5.41, 5.74) is 25.6. The van der Waals surface area contributed by atoms with Gasteiger partial charge in [-0.25, -0.2) is 14.4 Å². The molecule has 0 saturated heterocycles. The SMILES string of the molecule is C.N#Cc1cc(-c2nc(-c3ccccc3)nc(-n3c4ccccc4c4ccccc43)n2)ccc1-n1c2ccccc2c2ccc3c4ccc5c(c6ccccc6n5-c5ccccc5)c4oc3c21.N#Cc1cc(-c2nc(-c3ccccc3)nc(-n3c4ccccc4c4ccccc43)n2)ccc1F.S.c1ccc(-n2c3ccccc3c3c4oc5c6c(ccc5c4ccc32)-c2ccccc2C6)cc1. The number of halogens is 1. The number of fused-ring (bicyclic) bond motifs is 28. The molecule has 0 unspecified atom stereocenters. The predicted octanol–water partition coefficient (Wildman–Crippen LogP) is 29.6. The van der Waals surface area contributed by atoms with E-state index in [1.165, 1.54) is 67.0 Å². The van der Waals surface area contributed by atoms with Crippen molar-refractivity contribution in [2.75, 3.05) is 0 Å². The van der Waals surface area contributed by atoms with Crippen LogP contribution in [0, 0.1) is 28.5 Å². The summed E-state index contributed by atoms with van der Waals surface area (Å²) in [6.45, 7) is 0. The molecule has 15 nitrogen and oxygen atoms in total. The van der Waals surface area contributed by atoms with Crippen molar-refractivity contribution in [1.82, 2.24) is 52.7 Å². The van der Waals surface area contributed by atoms with Crippen LogP contribution in [-0.4, -0.2) is 52.7 Å². The third kappa shape index (κ3) is 12.7. The first-order valence-corrected chi connectivity index (χ1v) is 44.1. The normalized spacial score (nSPS) is 11.7. The molecule has 9 heterocycles. The van der Waals surface area contributed by atoms with E-state index in [0.717, 1.165) is 155 Å². The fraction of sp³-hybridized carbons (Fsp3) is 0.0169. The Kier molecular flexibility index (Phi) is 19.1. The number of aromatic nitrogens is 11. The molecule has 1 aliphatic carbocycles. The zero-order valence-corrected chi connectivity index (χ0v) is 72.3. The summed E-state index contributed by atoms with van der Waals surface area (Å²) in [5.74, 6) is 2.22. The van der Waals surface area contributed by atoms with Crippen molar-refractivity contribution in [3.63, 3.8) is 0 Å². The lowest BCUT2D eigenvalue weighted by atomic mass is 10.0. The first-order chi connectivity index (χ1) is 65.8. The van der Waals surface area contributed by atoms with Gasteiger partial charge in [0.2, 0.25) is 11.9 Å². The molecule has 636 valence electrons. The van der Waals surface area contributed by atoms with Crippen LogP contribution in [-0.2, 0) is 6.42 Å². The maximum absolute atomic E-state index is 14.0. The molecule has 0 N–H and O–H groups in total. The second-order valence-corrected chi connectivity index (χ2v) is 33.4. The monoisotopic (exact) mass is 1760 g/mol. The van der Waals surface area contributed by atoms with Crippen molar-refractivity contribution in [2.45, 2.75) is 13.8 Å². The largest absolute Gasteiger partial charge is 0.455 e. The molecule has 0 spiro atoms. The lowest BCUT2D eigenvalue weighted by molar-refractivity contribution is 0.624. The molecule has 28 rings (SSSR count). The van der Waals surface area contributed by atoms with E-state index in [2.05, 4.69) is 272 Å². The average Bonchev–Trinajstić information content (AvgIpc) is 1.60. The predicted molar refractivity (Wildman–Crippen MR) is 549 cm³/mol. The molecule has 0 radical (unpaired) electrons. The second-order valence-electron chi connectivity index (χ2n) is 33.4. The van der Waals surface area contributed by atoms with Gasteiger partial charge < -0.3 is 22.5 Å². The van der Waals surface area contributed by atoms with Gasteiger partial charge in [0.1, 0.15) is 34.7 Å². The van der Waals surface area contributed by atoms with Crippen LogP contribution in [0.25, 0.3) is 239 Å². The molecule has 27 aromatic rings. The third-order valence-corrected chi connectivity index (χ3v) is 26.2. The van der Waals surface area contributed by atoms with Gasteiger partial charge in [-0.05, 0) is 156 Å². The van der Waals surface area contributed by atoms with Crippen LogP contribution in [0.4, 0.5) is 4.39 Å². The first kappa shape index (κ1) is 80.2. The summed E-state index contributed by atoms with van der Waals surface area (Å²) in [6.07, 6.45) is 0.928. The highest BCUT2D eigenvalue weighted by Crippen LogP contribution is 2.49. The zero-order valence-electron chi connectivity index (χ0n) is 71.3. The Hall–Kier alpha value is -18.2. The molecule has 1 aliphatic rings. The molecule has 0 atom stereocenters. The molecular formula is C118H74FN13O2S. The van der Waals surface area contributed by atoms with E-state index in [-0.39, 0.29) is 26.5 Å². The molecular weight excluding hydrogens is 1680 g/mol. The van der Waals surface area contributed by atoms with Crippen LogP contribution in [0.3, 0.4) is 0 Å². The van der Waals surface area contributed by atoms with Gasteiger partial charge in [-0.3, -0.25) is 9.13 Å². The first-order valence-electron chi connectivity index (χ1n) is 44.1. The van der Waals surface area contributed by atoms with E-state index in [0.29, 0.717) is 51.9 Å². The van der Waals surface area contributed by atoms with Crippen molar-refractivity contribution in [3.8, 4) is 97.8 Å². The minimum Gasteiger partial charge on any atom is -0.455 e. The van der Waals surface area contributed by atoms with E-state index in [1.807, 2.05) is 150 Å². The summed E-state index contributed by atoms with van der Waals surface area (Å²) in [7, 11) is 0. The lowest BCUT2D eigenvalue weighted by Crippen LogP contribution is -2.06. The molecule has 9 aromatic heterocycles. The number of rotatable bonds is 9. The topological polar surface area (TPSA) is 176 Å². The fourth-order valence-corrected chi connectivity index (χ4v) is 20.3. The Labute approximate surface area is 777 Å². The maximum Gasteiger partial charge on any atom is 0.238 e. The summed E-state index contributed by atoms with van der Waals surface area (Å²) in [5, 5.41) is 36.0. The standard InChI is InChI=1S/C58H33N7O.C31H19NO.C28H16FN5.CH4.H2S/c59-34-37-33-36(57-60-56(35-15-3-1-4-16-35)61-58(62-57)65-48-24-12-7-19-39(48)40-20-8-13-25-49(40)65)27-31-46(37)64-47-23-11-9-21-41(47)42-28-29-44-43-30-32-51-52(54(43)66-55(44)53(42)64)45-22-10-14-26-50(45)63(51)38-17-5-2-6-18-38;1-2-9-20(10-3-1)32-27-13-7-6-12-25(27)29-28(32)17-16-24-23-15-14-22-21-11-5-4-8-19(21)18-26(22)30(23)33-31(24)29;29-23-15-14-19(16-20(23)17-30)27-31-26(18-8-2-1-3-9-18)32-28(33-27)34-24-12-6-4-10-21(24)22-11-5-7-13-25(22)34;;/h1-33H;1-17H,18H2;1-16H;1H4;1H2. The number of furan rings is 2. The molecule has 17 heteroatoms. The summed E-state index contributed by atoms with van der Waals surface area (Å²) in [4.78, 5) is 29.7. The van der Waals surface area contributed by atoms with Crippen molar-refractivity contribution in [2.24, 2.45) is 0 Å². The van der Waals surface area contributed by atoms with E-state index < -0.39 is 5.82 Å². The quantitative estimate of drug-likeness (QED) is 0.135. The van der Waals surface area contributed by atoms with E-state index in [9.17, 15) is 14.9 Å². The highest BCUT2D eigenvalue weighted by molar-refractivity contribution is 7.59. The van der Waals surface area contributed by atoms with E-state index >= 15 is 0 Å². The minimum absolute atomic E-state index is 0. The van der Waals surface area contributed by atoms with E-state index in [4.69, 9.17) is 33.8 Å². The lowest BCUT2D eigenvalue weighted by Gasteiger charge is -2.13. The Balaban J connectivity index is 0.000000122. The fourth-order valence-electron chi connectivity index (χ4n) is 20.3. The summed E-state index contributed by atoms with van der Waals surface area (Å²) < 4.78 is 39.0. The van der Waals surface area contributed by atoms with Crippen LogP contribution in [0.15, 0.2) is 409 Å². The summed E-state index contributed by atoms with van der Waals surface area (Å²) in [6, 6.07) is 140. The molecule has 135 heavy (non-hydrogen) atoms. The van der Waals surface area contributed by atoms with Crippen LogP contribution in [0.2, 0.25) is 0 Å². The van der Waals surface area contributed by atoms with Gasteiger partial charge in [-0.15, -0.1) is 0 Å². The van der Waals surface area contributed by atoms with E-state index in [1.54, 1.807) is 6.07 Å². The molecule has 0 bridgehead atoms. The van der Waals surface area contributed by atoms with Crippen molar-refractivity contribution < 1.29 is 13.2 Å². The number of hydrogen-bond donors (Lipinski definition) is 0.